The van der Waals surface area contributed by atoms with Crippen LogP contribution in [0.15, 0.2) is 59.7 Å². The smallest absolute Gasteiger partial charge is 0.343 e. The predicted octanol–water partition coefficient (Wildman–Crippen LogP) is 3.42. The SMILES string of the molecule is COc1cc(C(=O)Oc2cccc(/C=N\NC(=O)c3ccc4c(c3)OCO4)c2)cc(OC)c1OC. The van der Waals surface area contributed by atoms with E-state index in [1.807, 2.05) is 0 Å². The second kappa shape index (κ2) is 10.5. The number of esters is 1. The molecule has 0 saturated carbocycles. The van der Waals surface area contributed by atoms with Gasteiger partial charge >= 0.3 is 5.97 Å². The number of hydrazone groups is 1. The fraction of sp³-hybridized carbons (Fsp3) is 0.160. The average Bonchev–Trinajstić information content (AvgIpc) is 3.36. The summed E-state index contributed by atoms with van der Waals surface area (Å²) in [7, 11) is 4.39. The molecule has 0 aromatic heterocycles. The molecular weight excluding hydrogens is 456 g/mol. The standard InChI is InChI=1S/C25H22N2O8/c1-30-21-11-17(12-22(31-2)23(21)32-3)25(29)35-18-6-4-5-15(9-18)13-26-27-24(28)16-7-8-19-20(10-16)34-14-33-19/h4-13H,14H2,1-3H3,(H,27,28)/b26-13-. The van der Waals surface area contributed by atoms with Crippen LogP contribution >= 0.6 is 0 Å². The number of nitrogens with one attached hydrogen (secondary N) is 1. The summed E-state index contributed by atoms with van der Waals surface area (Å²) in [5.41, 5.74) is 3.64. The average molecular weight is 478 g/mol. The van der Waals surface area contributed by atoms with Gasteiger partial charge in [-0.2, -0.15) is 5.10 Å². The monoisotopic (exact) mass is 478 g/mol. The molecule has 0 radical (unpaired) electrons. The van der Waals surface area contributed by atoms with Crippen molar-refractivity contribution in [1.29, 1.82) is 0 Å². The summed E-state index contributed by atoms with van der Waals surface area (Å²) in [6.07, 6.45) is 1.43. The lowest BCUT2D eigenvalue weighted by Crippen LogP contribution is -2.17. The maximum Gasteiger partial charge on any atom is 0.343 e. The lowest BCUT2D eigenvalue weighted by molar-refractivity contribution is 0.0733. The fourth-order valence-corrected chi connectivity index (χ4v) is 3.29. The van der Waals surface area contributed by atoms with Gasteiger partial charge in [0.2, 0.25) is 12.5 Å². The van der Waals surface area contributed by atoms with Crippen LogP contribution in [0, 0.1) is 0 Å². The van der Waals surface area contributed by atoms with Crippen LogP contribution in [0.4, 0.5) is 0 Å². The van der Waals surface area contributed by atoms with Gasteiger partial charge in [0.25, 0.3) is 5.91 Å². The van der Waals surface area contributed by atoms with E-state index in [0.29, 0.717) is 39.9 Å². The van der Waals surface area contributed by atoms with Crippen molar-refractivity contribution in [3.63, 3.8) is 0 Å². The zero-order valence-electron chi connectivity index (χ0n) is 19.2. The summed E-state index contributed by atoms with van der Waals surface area (Å²) in [5.74, 6) is 1.38. The first kappa shape index (κ1) is 23.4. The van der Waals surface area contributed by atoms with Crippen molar-refractivity contribution in [2.75, 3.05) is 28.1 Å². The van der Waals surface area contributed by atoms with Crippen molar-refractivity contribution in [3.8, 4) is 34.5 Å². The number of methoxy groups -OCH3 is 3. The van der Waals surface area contributed by atoms with Crippen LogP contribution in [0.3, 0.4) is 0 Å². The highest BCUT2D eigenvalue weighted by Crippen LogP contribution is 2.38. The Morgan fingerprint density at radius 2 is 1.63 bits per heavy atom. The van der Waals surface area contributed by atoms with Crippen molar-refractivity contribution in [2.45, 2.75) is 0 Å². The molecule has 4 rings (SSSR count). The summed E-state index contributed by atoms with van der Waals surface area (Å²) < 4.78 is 31.8. The Balaban J connectivity index is 1.42. The van der Waals surface area contributed by atoms with Gasteiger partial charge < -0.3 is 28.4 Å². The van der Waals surface area contributed by atoms with E-state index in [1.165, 1.54) is 39.7 Å². The van der Waals surface area contributed by atoms with Crippen molar-refractivity contribution in [1.82, 2.24) is 5.43 Å². The van der Waals surface area contributed by atoms with E-state index in [4.69, 9.17) is 28.4 Å². The van der Waals surface area contributed by atoms with Gasteiger partial charge in [-0.1, -0.05) is 12.1 Å². The molecule has 1 aliphatic heterocycles. The van der Waals surface area contributed by atoms with Gasteiger partial charge in [0.1, 0.15) is 5.75 Å². The van der Waals surface area contributed by atoms with E-state index in [9.17, 15) is 9.59 Å². The first-order valence-corrected chi connectivity index (χ1v) is 10.4. The third-order valence-corrected chi connectivity index (χ3v) is 4.98. The second-order valence-corrected chi connectivity index (χ2v) is 7.14. The van der Waals surface area contributed by atoms with Gasteiger partial charge in [0.05, 0.1) is 33.1 Å². The minimum atomic E-state index is -0.616. The third-order valence-electron chi connectivity index (χ3n) is 4.98. The molecule has 1 N–H and O–H groups in total. The molecule has 0 fully saturated rings. The zero-order chi connectivity index (χ0) is 24.8. The Hall–Kier alpha value is -4.73. The first-order chi connectivity index (χ1) is 17.0. The highest BCUT2D eigenvalue weighted by Gasteiger charge is 2.19. The molecule has 0 atom stereocenters. The number of benzene rings is 3. The summed E-state index contributed by atoms with van der Waals surface area (Å²) >= 11 is 0. The molecule has 180 valence electrons. The van der Waals surface area contributed by atoms with Crippen LogP contribution in [0.25, 0.3) is 0 Å². The Morgan fingerprint density at radius 3 is 2.34 bits per heavy atom. The molecule has 10 heteroatoms. The molecule has 3 aromatic carbocycles. The molecule has 3 aromatic rings. The van der Waals surface area contributed by atoms with Gasteiger partial charge in [0.15, 0.2) is 23.0 Å². The van der Waals surface area contributed by atoms with Crippen molar-refractivity contribution >= 4 is 18.1 Å². The Morgan fingerprint density at radius 1 is 0.886 bits per heavy atom. The van der Waals surface area contributed by atoms with Crippen LogP contribution in [-0.4, -0.2) is 46.2 Å². The van der Waals surface area contributed by atoms with E-state index in [1.54, 1.807) is 42.5 Å². The minimum absolute atomic E-state index is 0.124. The van der Waals surface area contributed by atoms with E-state index in [0.717, 1.165) is 0 Å². The molecule has 1 amide bonds. The van der Waals surface area contributed by atoms with Gasteiger partial charge in [0, 0.05) is 5.56 Å². The number of carbonyl (C=O) groups is 2. The number of hydrogen-bond acceptors (Lipinski definition) is 9. The Bertz CT molecular complexity index is 1260. The Labute approximate surface area is 201 Å². The predicted molar refractivity (Wildman–Crippen MR) is 125 cm³/mol. The van der Waals surface area contributed by atoms with Crippen molar-refractivity contribution in [2.24, 2.45) is 5.10 Å². The number of amides is 1. The van der Waals surface area contributed by atoms with Crippen LogP contribution in [0.2, 0.25) is 0 Å². The first-order valence-electron chi connectivity index (χ1n) is 10.4. The zero-order valence-corrected chi connectivity index (χ0v) is 19.2. The molecule has 0 saturated heterocycles. The van der Waals surface area contributed by atoms with Gasteiger partial charge in [-0.3, -0.25) is 4.79 Å². The number of rotatable bonds is 8. The maximum absolute atomic E-state index is 12.7. The number of nitrogens with zero attached hydrogens (tertiary/aromatic N) is 1. The maximum atomic E-state index is 12.7. The van der Waals surface area contributed by atoms with Crippen LogP contribution < -0.4 is 33.8 Å². The summed E-state index contributed by atoms with van der Waals surface area (Å²) in [6, 6.07) is 14.5. The summed E-state index contributed by atoms with van der Waals surface area (Å²) in [5, 5.41) is 3.97. The molecule has 35 heavy (non-hydrogen) atoms. The number of carbonyl (C=O) groups excluding carboxylic acids is 2. The summed E-state index contributed by atoms with van der Waals surface area (Å²) in [6.45, 7) is 0.124. The van der Waals surface area contributed by atoms with Crippen LogP contribution in [0.1, 0.15) is 26.3 Å². The molecule has 1 aliphatic rings. The molecule has 0 unspecified atom stereocenters. The highest BCUT2D eigenvalue weighted by atomic mass is 16.7. The topological polar surface area (TPSA) is 114 Å². The molecule has 0 spiro atoms. The number of fused-ring (bicyclic) bond motifs is 1. The largest absolute Gasteiger partial charge is 0.493 e. The lowest BCUT2D eigenvalue weighted by Gasteiger charge is -2.13. The number of hydrogen-bond donors (Lipinski definition) is 1. The molecule has 1 heterocycles. The van der Waals surface area contributed by atoms with Gasteiger partial charge in [-0.05, 0) is 48.0 Å². The van der Waals surface area contributed by atoms with Gasteiger partial charge in [-0.25, -0.2) is 10.2 Å². The fourth-order valence-electron chi connectivity index (χ4n) is 3.29. The lowest BCUT2D eigenvalue weighted by atomic mass is 10.1. The van der Waals surface area contributed by atoms with Crippen molar-refractivity contribution in [3.05, 3.63) is 71.3 Å². The number of ether oxygens (including phenoxy) is 6. The summed E-state index contributed by atoms with van der Waals surface area (Å²) in [4.78, 5) is 25.1. The molecule has 0 aliphatic carbocycles. The normalized spacial score (nSPS) is 11.7. The second-order valence-electron chi connectivity index (χ2n) is 7.14. The molecule has 10 nitrogen and oxygen atoms in total. The van der Waals surface area contributed by atoms with Gasteiger partial charge in [-0.15, -0.1) is 0 Å². The third kappa shape index (κ3) is 5.27. The van der Waals surface area contributed by atoms with Crippen LogP contribution in [0.5, 0.6) is 34.5 Å². The van der Waals surface area contributed by atoms with E-state index < -0.39 is 11.9 Å². The van der Waals surface area contributed by atoms with E-state index in [2.05, 4.69) is 10.5 Å². The van der Waals surface area contributed by atoms with E-state index >= 15 is 0 Å². The van der Waals surface area contributed by atoms with E-state index in [-0.39, 0.29) is 18.1 Å². The Kier molecular flexibility index (Phi) is 7.01. The highest BCUT2D eigenvalue weighted by molar-refractivity contribution is 5.96. The minimum Gasteiger partial charge on any atom is -0.493 e. The molecular formula is C25H22N2O8. The quantitative estimate of drug-likeness (QED) is 0.227. The van der Waals surface area contributed by atoms with Crippen molar-refractivity contribution < 1.29 is 38.0 Å². The molecule has 0 bridgehead atoms. The van der Waals surface area contributed by atoms with Crippen LogP contribution in [-0.2, 0) is 0 Å².